The van der Waals surface area contributed by atoms with Gasteiger partial charge < -0.3 is 5.32 Å². The lowest BCUT2D eigenvalue weighted by atomic mass is 9.72. The Hall–Kier alpha value is -0.960. The first-order valence-corrected chi connectivity index (χ1v) is 7.65. The molecule has 106 valence electrons. The Morgan fingerprint density at radius 1 is 1.26 bits per heavy atom. The normalized spacial score (nSPS) is 25.3. The van der Waals surface area contributed by atoms with Crippen molar-refractivity contribution in [1.82, 2.24) is 15.5 Å². The second-order valence-electron chi connectivity index (χ2n) is 5.91. The van der Waals surface area contributed by atoms with E-state index in [1.807, 2.05) is 6.92 Å². The SMILES string of the molecule is CCC1CCCCC1C(NC)c1cc(C)nnc1C. The molecule has 1 aromatic heterocycles. The lowest BCUT2D eigenvalue weighted by Crippen LogP contribution is -2.33. The summed E-state index contributed by atoms with van der Waals surface area (Å²) in [5, 5.41) is 12.0. The van der Waals surface area contributed by atoms with Gasteiger partial charge in [0.05, 0.1) is 11.4 Å². The van der Waals surface area contributed by atoms with Gasteiger partial charge in [-0.1, -0.05) is 32.6 Å². The Morgan fingerprint density at radius 3 is 2.68 bits per heavy atom. The van der Waals surface area contributed by atoms with Crippen molar-refractivity contribution in [2.45, 2.75) is 58.9 Å². The van der Waals surface area contributed by atoms with E-state index in [0.717, 1.165) is 23.2 Å². The minimum absolute atomic E-state index is 0.430. The third-order valence-electron chi connectivity index (χ3n) is 4.71. The lowest BCUT2D eigenvalue weighted by molar-refractivity contribution is 0.180. The topological polar surface area (TPSA) is 37.8 Å². The molecule has 2 rings (SSSR count). The van der Waals surface area contributed by atoms with Crippen LogP contribution in [0.2, 0.25) is 0 Å². The van der Waals surface area contributed by atoms with Gasteiger partial charge in [-0.2, -0.15) is 10.2 Å². The molecule has 0 radical (unpaired) electrons. The van der Waals surface area contributed by atoms with Crippen molar-refractivity contribution < 1.29 is 0 Å². The Morgan fingerprint density at radius 2 is 2.00 bits per heavy atom. The molecule has 1 aromatic rings. The van der Waals surface area contributed by atoms with Crippen LogP contribution in [0, 0.1) is 25.7 Å². The van der Waals surface area contributed by atoms with Gasteiger partial charge in [0.2, 0.25) is 0 Å². The molecule has 0 aliphatic heterocycles. The molecule has 3 heteroatoms. The van der Waals surface area contributed by atoms with E-state index >= 15 is 0 Å². The third-order valence-corrected chi connectivity index (χ3v) is 4.71. The molecule has 0 bridgehead atoms. The van der Waals surface area contributed by atoms with Gasteiger partial charge in [0.25, 0.3) is 0 Å². The van der Waals surface area contributed by atoms with Crippen LogP contribution in [-0.2, 0) is 0 Å². The van der Waals surface area contributed by atoms with E-state index in [9.17, 15) is 0 Å². The smallest absolute Gasteiger partial charge is 0.0648 e. The van der Waals surface area contributed by atoms with E-state index in [1.54, 1.807) is 0 Å². The predicted molar refractivity (Wildman–Crippen MR) is 79.0 cm³/mol. The zero-order chi connectivity index (χ0) is 13.8. The fourth-order valence-electron chi connectivity index (χ4n) is 3.67. The lowest BCUT2D eigenvalue weighted by Gasteiger charge is -2.37. The van der Waals surface area contributed by atoms with Crippen LogP contribution in [-0.4, -0.2) is 17.2 Å². The Bertz CT molecular complexity index is 416. The average Bonchev–Trinajstić information content (AvgIpc) is 2.44. The summed E-state index contributed by atoms with van der Waals surface area (Å²) >= 11 is 0. The maximum absolute atomic E-state index is 4.30. The van der Waals surface area contributed by atoms with Gasteiger partial charge >= 0.3 is 0 Å². The monoisotopic (exact) mass is 261 g/mol. The molecular formula is C16H27N3. The number of hydrogen-bond acceptors (Lipinski definition) is 3. The molecule has 0 aromatic carbocycles. The second-order valence-corrected chi connectivity index (χ2v) is 5.91. The maximum Gasteiger partial charge on any atom is 0.0648 e. The van der Waals surface area contributed by atoms with E-state index in [-0.39, 0.29) is 0 Å². The van der Waals surface area contributed by atoms with Crippen molar-refractivity contribution in [2.75, 3.05) is 7.05 Å². The van der Waals surface area contributed by atoms with Gasteiger partial charge in [-0.3, -0.25) is 0 Å². The summed E-state index contributed by atoms with van der Waals surface area (Å²) in [6.07, 6.45) is 6.79. The van der Waals surface area contributed by atoms with Gasteiger partial charge in [0.15, 0.2) is 0 Å². The molecule has 1 aliphatic carbocycles. The molecule has 3 unspecified atom stereocenters. The van der Waals surface area contributed by atoms with Crippen LogP contribution in [0.5, 0.6) is 0 Å². The van der Waals surface area contributed by atoms with Gasteiger partial charge in [-0.05, 0) is 50.8 Å². The van der Waals surface area contributed by atoms with Crippen molar-refractivity contribution in [1.29, 1.82) is 0 Å². The zero-order valence-corrected chi connectivity index (χ0v) is 12.7. The van der Waals surface area contributed by atoms with Crippen molar-refractivity contribution in [3.63, 3.8) is 0 Å². The van der Waals surface area contributed by atoms with Crippen LogP contribution in [0.1, 0.15) is 62.0 Å². The van der Waals surface area contributed by atoms with Crippen LogP contribution in [0.3, 0.4) is 0 Å². The van der Waals surface area contributed by atoms with Gasteiger partial charge in [-0.15, -0.1) is 0 Å². The minimum atomic E-state index is 0.430. The van der Waals surface area contributed by atoms with Gasteiger partial charge in [-0.25, -0.2) is 0 Å². The largest absolute Gasteiger partial charge is 0.313 e. The zero-order valence-electron chi connectivity index (χ0n) is 12.7. The highest BCUT2D eigenvalue weighted by molar-refractivity contribution is 5.24. The van der Waals surface area contributed by atoms with Crippen molar-refractivity contribution in [2.24, 2.45) is 11.8 Å². The molecule has 1 saturated carbocycles. The van der Waals surface area contributed by atoms with Crippen LogP contribution >= 0.6 is 0 Å². The van der Waals surface area contributed by atoms with E-state index in [4.69, 9.17) is 0 Å². The van der Waals surface area contributed by atoms with Crippen LogP contribution in [0.25, 0.3) is 0 Å². The molecule has 1 heterocycles. The molecule has 0 saturated heterocycles. The average molecular weight is 261 g/mol. The molecule has 3 atom stereocenters. The second kappa shape index (κ2) is 6.47. The highest BCUT2D eigenvalue weighted by Crippen LogP contribution is 2.40. The molecule has 0 spiro atoms. The number of nitrogens with one attached hydrogen (secondary N) is 1. The standard InChI is InChI=1S/C16H27N3/c1-5-13-8-6-7-9-14(13)16(17-4)15-10-11(2)18-19-12(15)3/h10,13-14,16-17H,5-9H2,1-4H3. The van der Waals surface area contributed by atoms with E-state index < -0.39 is 0 Å². The number of rotatable bonds is 4. The fraction of sp³-hybridized carbons (Fsp3) is 0.750. The summed E-state index contributed by atoms with van der Waals surface area (Å²) < 4.78 is 0. The summed E-state index contributed by atoms with van der Waals surface area (Å²) in [6, 6.07) is 2.64. The van der Waals surface area contributed by atoms with Crippen LogP contribution in [0.4, 0.5) is 0 Å². The molecule has 3 nitrogen and oxygen atoms in total. The molecular weight excluding hydrogens is 234 g/mol. The summed E-state index contributed by atoms with van der Waals surface area (Å²) in [7, 11) is 2.08. The Balaban J connectivity index is 2.29. The van der Waals surface area contributed by atoms with Gasteiger partial charge in [0.1, 0.15) is 0 Å². The van der Waals surface area contributed by atoms with Crippen molar-refractivity contribution in [3.8, 4) is 0 Å². The summed E-state index contributed by atoms with van der Waals surface area (Å²) in [6.45, 7) is 6.44. The Labute approximate surface area is 117 Å². The summed E-state index contributed by atoms with van der Waals surface area (Å²) in [5.41, 5.74) is 3.44. The fourth-order valence-corrected chi connectivity index (χ4v) is 3.67. The van der Waals surface area contributed by atoms with Crippen LogP contribution in [0.15, 0.2) is 6.07 Å². The number of nitrogens with zero attached hydrogens (tertiary/aromatic N) is 2. The Kier molecular flexibility index (Phi) is 4.92. The first kappa shape index (κ1) is 14.4. The van der Waals surface area contributed by atoms with Gasteiger partial charge in [0, 0.05) is 6.04 Å². The van der Waals surface area contributed by atoms with Crippen LogP contribution < -0.4 is 5.32 Å². The highest BCUT2D eigenvalue weighted by atomic mass is 15.1. The first-order valence-electron chi connectivity index (χ1n) is 7.65. The number of aryl methyl sites for hydroxylation is 2. The van der Waals surface area contributed by atoms with E-state index in [1.165, 1.54) is 37.7 Å². The number of aromatic nitrogens is 2. The number of hydrogen-bond donors (Lipinski definition) is 1. The summed E-state index contributed by atoms with van der Waals surface area (Å²) in [4.78, 5) is 0. The van der Waals surface area contributed by atoms with E-state index in [2.05, 4.69) is 42.5 Å². The molecule has 0 amide bonds. The van der Waals surface area contributed by atoms with Crippen molar-refractivity contribution in [3.05, 3.63) is 23.0 Å². The predicted octanol–water partition coefficient (Wildman–Crippen LogP) is 3.57. The molecule has 1 N–H and O–H groups in total. The summed E-state index contributed by atoms with van der Waals surface area (Å²) in [5.74, 6) is 1.59. The third kappa shape index (κ3) is 3.14. The highest BCUT2D eigenvalue weighted by Gasteiger charge is 2.31. The first-order chi connectivity index (χ1) is 9.17. The molecule has 1 fully saturated rings. The molecule has 19 heavy (non-hydrogen) atoms. The van der Waals surface area contributed by atoms with Crippen molar-refractivity contribution >= 4 is 0 Å². The quantitative estimate of drug-likeness (QED) is 0.900. The van der Waals surface area contributed by atoms with E-state index in [0.29, 0.717) is 6.04 Å². The minimum Gasteiger partial charge on any atom is -0.313 e. The maximum atomic E-state index is 4.30. The molecule has 1 aliphatic rings.